The first-order chi connectivity index (χ1) is 18.8. The van der Waals surface area contributed by atoms with Gasteiger partial charge in [-0.1, -0.05) is 69.4 Å². The van der Waals surface area contributed by atoms with Gasteiger partial charge in [0.2, 0.25) is 0 Å². The maximum atomic E-state index is 12.4. The molecule has 3 heterocycles. The van der Waals surface area contributed by atoms with Gasteiger partial charge >= 0.3 is 7.12 Å². The van der Waals surface area contributed by atoms with Crippen molar-refractivity contribution < 1.29 is 40.7 Å². The molecule has 1 aliphatic rings. The predicted molar refractivity (Wildman–Crippen MR) is 150 cm³/mol. The molecule has 0 fully saturated rings. The SMILES string of the molecule is C[CH-]c1cc(C)cc2c(=O)c(C)c(C(C)C)oc12.[2H]C([2H])([2H])c1c(-c2[c-]ccc(Cl)n2)ccc2c1C=NOB2O.[Au]. The Balaban J connectivity index is 0.000000225. The number of rotatable bonds is 3. The van der Waals surface area contributed by atoms with Crippen molar-refractivity contribution in [1.82, 2.24) is 4.98 Å². The zero-order valence-corrected chi connectivity index (χ0v) is 24.4. The van der Waals surface area contributed by atoms with Gasteiger partial charge in [-0.3, -0.25) is 9.78 Å². The summed E-state index contributed by atoms with van der Waals surface area (Å²) in [5.41, 5.74) is 4.95. The fourth-order valence-electron chi connectivity index (χ4n) is 4.24. The number of halogens is 1. The van der Waals surface area contributed by atoms with E-state index in [-0.39, 0.29) is 44.4 Å². The van der Waals surface area contributed by atoms with Crippen LogP contribution in [0, 0.1) is 33.2 Å². The third kappa shape index (κ3) is 5.93. The van der Waals surface area contributed by atoms with E-state index < -0.39 is 14.0 Å². The van der Waals surface area contributed by atoms with Crippen molar-refractivity contribution in [3.05, 3.63) is 97.8 Å². The number of nitrogens with zero attached hydrogens (tertiary/aromatic N) is 2. The van der Waals surface area contributed by atoms with Crippen LogP contribution in [0.2, 0.25) is 5.15 Å². The standard InChI is InChI=1S/C16H19O2.C13H9BClN2O2.Au/c1-6-12-7-10(4)8-13-14(17)11(5)15(9(2)3)18-16(12)13;1-8-9(12-3-2-4-13(15)17-12)5-6-11-10(8)7-16-19-14(11)18;/h6-9H,1-5H3;2,4-7,18H,1H3;/q2*-1;/i;1D3;. The molecule has 0 saturated heterocycles. The summed E-state index contributed by atoms with van der Waals surface area (Å²) in [4.78, 5) is 16.5. The first kappa shape index (κ1) is 25.5. The zero-order chi connectivity index (χ0) is 29.4. The topological polar surface area (TPSA) is 84.9 Å². The number of aryl methyl sites for hydroxylation is 1. The number of oxime groups is 1. The van der Waals surface area contributed by atoms with Gasteiger partial charge in [-0.15, -0.1) is 28.4 Å². The van der Waals surface area contributed by atoms with Gasteiger partial charge in [-0.25, -0.2) is 0 Å². The fourth-order valence-corrected chi connectivity index (χ4v) is 4.39. The Kier molecular flexibility index (Phi) is 8.29. The fraction of sp³-hybridized carbons (Fsp3) is 0.241. The van der Waals surface area contributed by atoms with Crippen molar-refractivity contribution in [3.8, 4) is 11.3 Å². The Morgan fingerprint density at radius 1 is 1.21 bits per heavy atom. The van der Waals surface area contributed by atoms with Gasteiger partial charge in [-0.05, 0) is 18.2 Å². The third-order valence-corrected chi connectivity index (χ3v) is 6.28. The van der Waals surface area contributed by atoms with Gasteiger partial charge in [0.1, 0.15) is 0 Å². The van der Waals surface area contributed by atoms with E-state index in [4.69, 9.17) is 24.9 Å². The Bertz CT molecular complexity index is 1680. The van der Waals surface area contributed by atoms with Crippen LogP contribution in [0.4, 0.5) is 0 Å². The summed E-state index contributed by atoms with van der Waals surface area (Å²) in [6.07, 6.45) is 3.26. The Hall–Kier alpha value is -2.80. The maximum Gasteiger partial charge on any atom is 0.583 e. The van der Waals surface area contributed by atoms with E-state index in [1.165, 1.54) is 6.21 Å². The molecule has 9 heteroatoms. The summed E-state index contributed by atoms with van der Waals surface area (Å²) >= 11 is 5.87. The second kappa shape index (κ2) is 12.4. The van der Waals surface area contributed by atoms with Crippen LogP contribution < -0.4 is 10.9 Å². The van der Waals surface area contributed by atoms with Crippen LogP contribution in [0.15, 0.2) is 50.8 Å². The first-order valence-corrected chi connectivity index (χ1v) is 12.2. The average Bonchev–Trinajstić information content (AvgIpc) is 2.89. The van der Waals surface area contributed by atoms with Crippen molar-refractivity contribution in [2.45, 2.75) is 47.4 Å². The van der Waals surface area contributed by atoms with Crippen LogP contribution >= 0.6 is 11.6 Å². The van der Waals surface area contributed by atoms with Crippen LogP contribution in [0.25, 0.3) is 22.2 Å². The molecule has 0 bridgehead atoms. The number of benzene rings is 2. The van der Waals surface area contributed by atoms with Crippen LogP contribution in [0.5, 0.6) is 0 Å². The largest absolute Gasteiger partial charge is 0.583 e. The second-order valence-corrected chi connectivity index (χ2v) is 9.43. The molecule has 1 N–H and O–H groups in total. The van der Waals surface area contributed by atoms with Crippen molar-refractivity contribution >= 4 is 41.4 Å². The van der Waals surface area contributed by atoms with Crippen molar-refractivity contribution in [2.75, 3.05) is 0 Å². The normalized spacial score (nSPS) is 13.4. The van der Waals surface area contributed by atoms with E-state index in [1.807, 2.05) is 53.2 Å². The molecule has 2 aromatic carbocycles. The molecule has 4 aromatic rings. The molecule has 2 aromatic heterocycles. The molecule has 201 valence electrons. The van der Waals surface area contributed by atoms with E-state index in [9.17, 15) is 9.82 Å². The van der Waals surface area contributed by atoms with E-state index in [2.05, 4.69) is 16.2 Å². The summed E-state index contributed by atoms with van der Waals surface area (Å²) in [5, 5.41) is 14.3. The summed E-state index contributed by atoms with van der Waals surface area (Å²) in [6.45, 7) is 7.46. The number of aromatic nitrogens is 1. The summed E-state index contributed by atoms with van der Waals surface area (Å²) < 4.78 is 34.1. The minimum Gasteiger partial charge on any atom is -0.518 e. The zero-order valence-electron chi connectivity index (χ0n) is 24.5. The molecule has 38 heavy (non-hydrogen) atoms. The third-order valence-electron chi connectivity index (χ3n) is 6.07. The molecule has 1 radical (unpaired) electrons. The van der Waals surface area contributed by atoms with Crippen molar-refractivity contribution in [1.29, 1.82) is 0 Å². The Labute approximate surface area is 247 Å². The van der Waals surface area contributed by atoms with Gasteiger partial charge in [-0.2, -0.15) is 24.6 Å². The maximum absolute atomic E-state index is 12.4. The van der Waals surface area contributed by atoms with E-state index in [1.54, 1.807) is 24.3 Å². The summed E-state index contributed by atoms with van der Waals surface area (Å²) in [6, 6.07) is 13.1. The van der Waals surface area contributed by atoms with Crippen molar-refractivity contribution in [2.24, 2.45) is 5.16 Å². The Morgan fingerprint density at radius 3 is 2.63 bits per heavy atom. The van der Waals surface area contributed by atoms with Crippen LogP contribution in [-0.4, -0.2) is 23.3 Å². The van der Waals surface area contributed by atoms with Gasteiger partial charge < -0.3 is 14.2 Å². The van der Waals surface area contributed by atoms with E-state index >= 15 is 0 Å². The van der Waals surface area contributed by atoms with E-state index in [0.29, 0.717) is 33.3 Å². The number of hydrogen-bond acceptors (Lipinski definition) is 6. The van der Waals surface area contributed by atoms with Crippen molar-refractivity contribution in [3.63, 3.8) is 0 Å². The second-order valence-electron chi connectivity index (χ2n) is 9.04. The molecule has 0 aliphatic carbocycles. The smallest absolute Gasteiger partial charge is 0.518 e. The number of fused-ring (bicyclic) bond motifs is 2. The molecule has 0 amide bonds. The molecule has 0 atom stereocenters. The van der Waals surface area contributed by atoms with Gasteiger partial charge in [0.05, 0.1) is 17.1 Å². The van der Waals surface area contributed by atoms with E-state index in [0.717, 1.165) is 22.5 Å². The predicted octanol–water partition coefficient (Wildman–Crippen LogP) is 5.67. The molecular weight excluding hydrogens is 684 g/mol. The molecule has 6 nitrogen and oxygen atoms in total. The van der Waals surface area contributed by atoms with Gasteiger partial charge in [0, 0.05) is 54.4 Å². The monoisotopic (exact) mass is 714 g/mol. The summed E-state index contributed by atoms with van der Waals surface area (Å²) in [5.74, 6) is 1.01. The molecular formula is C29H28AuBClN2O4-2. The molecule has 1 aliphatic heterocycles. The number of pyridine rings is 1. The first-order valence-electron chi connectivity index (χ1n) is 13.3. The average molecular weight is 715 g/mol. The minimum atomic E-state index is -2.43. The van der Waals surface area contributed by atoms with Gasteiger partial charge in [0.15, 0.2) is 5.43 Å². The van der Waals surface area contributed by atoms with Crippen LogP contribution in [-0.2, 0) is 27.1 Å². The molecule has 0 spiro atoms. The Morgan fingerprint density at radius 2 is 1.97 bits per heavy atom. The number of hydrogen-bond donors (Lipinski definition) is 1. The van der Waals surface area contributed by atoms with Crippen LogP contribution in [0.3, 0.4) is 0 Å². The van der Waals surface area contributed by atoms with Crippen LogP contribution in [0.1, 0.15) is 64.4 Å². The van der Waals surface area contributed by atoms with Gasteiger partial charge in [0.25, 0.3) is 0 Å². The quantitative estimate of drug-likeness (QED) is 0.168. The minimum absolute atomic E-state index is 0. The molecule has 5 rings (SSSR count). The summed E-state index contributed by atoms with van der Waals surface area (Å²) in [7, 11) is -1.30. The molecule has 0 unspecified atom stereocenters. The molecule has 0 saturated carbocycles.